The van der Waals surface area contributed by atoms with Crippen molar-refractivity contribution >= 4 is 17.6 Å². The van der Waals surface area contributed by atoms with Crippen LogP contribution in [0.1, 0.15) is 49.0 Å². The third kappa shape index (κ3) is 4.95. The topological polar surface area (TPSA) is 67.4 Å². The maximum Gasteiger partial charge on any atom is 0.338 e. The number of nitrogens with one attached hydrogen (secondary N) is 2. The Kier molecular flexibility index (Phi) is 5.61. The standard InChI is InChI=1S/C22H26N2O3/c1-22(2,3)27-21(26)16-9-11-17(12-10-16)24-20(25)19-18(13-14-23-19)15-7-5-4-6-8-15/h4-12,18-19,23H,13-14H2,1-3H3,(H,24,25)/t18-,19-/m1/s1. The van der Waals surface area contributed by atoms with Crippen LogP contribution < -0.4 is 10.6 Å². The predicted molar refractivity (Wildman–Crippen MR) is 106 cm³/mol. The van der Waals surface area contributed by atoms with E-state index in [1.807, 2.05) is 39.0 Å². The van der Waals surface area contributed by atoms with Crippen LogP contribution in [-0.4, -0.2) is 30.1 Å². The van der Waals surface area contributed by atoms with E-state index in [0.29, 0.717) is 11.3 Å². The van der Waals surface area contributed by atoms with Crippen LogP contribution in [0, 0.1) is 0 Å². The second kappa shape index (κ2) is 7.92. The van der Waals surface area contributed by atoms with Gasteiger partial charge in [-0.15, -0.1) is 0 Å². The number of carbonyl (C=O) groups excluding carboxylic acids is 2. The number of anilines is 1. The van der Waals surface area contributed by atoms with E-state index in [2.05, 4.69) is 22.8 Å². The Hall–Kier alpha value is -2.66. The van der Waals surface area contributed by atoms with E-state index in [1.54, 1.807) is 24.3 Å². The zero-order valence-corrected chi connectivity index (χ0v) is 16.0. The van der Waals surface area contributed by atoms with Crippen molar-refractivity contribution in [3.8, 4) is 0 Å². The van der Waals surface area contributed by atoms with Crippen molar-refractivity contribution in [1.82, 2.24) is 5.32 Å². The lowest BCUT2D eigenvalue weighted by atomic mass is 9.91. The third-order valence-corrected chi connectivity index (χ3v) is 4.52. The normalized spacial score (nSPS) is 19.5. The lowest BCUT2D eigenvalue weighted by molar-refractivity contribution is -0.118. The van der Waals surface area contributed by atoms with Gasteiger partial charge in [-0.25, -0.2) is 4.79 Å². The molecule has 1 aliphatic heterocycles. The first kappa shape index (κ1) is 19.1. The number of benzene rings is 2. The summed E-state index contributed by atoms with van der Waals surface area (Å²) in [7, 11) is 0. The van der Waals surface area contributed by atoms with Gasteiger partial charge in [-0.05, 0) is 63.6 Å². The van der Waals surface area contributed by atoms with Crippen LogP contribution in [0.5, 0.6) is 0 Å². The molecule has 0 radical (unpaired) electrons. The molecule has 1 aliphatic rings. The molecule has 5 heteroatoms. The number of amides is 1. The van der Waals surface area contributed by atoms with Gasteiger partial charge in [0.15, 0.2) is 0 Å². The molecule has 3 rings (SSSR count). The highest BCUT2D eigenvalue weighted by Crippen LogP contribution is 2.28. The van der Waals surface area contributed by atoms with Crippen molar-refractivity contribution < 1.29 is 14.3 Å². The summed E-state index contributed by atoms with van der Waals surface area (Å²) in [4.78, 5) is 24.8. The van der Waals surface area contributed by atoms with Crippen molar-refractivity contribution in [2.24, 2.45) is 0 Å². The lowest BCUT2D eigenvalue weighted by Crippen LogP contribution is -2.39. The Labute approximate surface area is 160 Å². The molecule has 0 bridgehead atoms. The van der Waals surface area contributed by atoms with Crippen molar-refractivity contribution in [2.45, 2.75) is 44.8 Å². The number of esters is 1. The molecule has 2 aromatic carbocycles. The summed E-state index contributed by atoms with van der Waals surface area (Å²) in [6.07, 6.45) is 0.930. The molecule has 2 aromatic rings. The van der Waals surface area contributed by atoms with Gasteiger partial charge in [0, 0.05) is 11.6 Å². The number of hydrogen-bond donors (Lipinski definition) is 2. The van der Waals surface area contributed by atoms with Gasteiger partial charge in [0.25, 0.3) is 0 Å². The van der Waals surface area contributed by atoms with Crippen LogP contribution in [0.4, 0.5) is 5.69 Å². The molecule has 1 saturated heterocycles. The minimum Gasteiger partial charge on any atom is -0.456 e. The SMILES string of the molecule is CC(C)(C)OC(=O)c1ccc(NC(=O)[C@@H]2NCC[C@@H]2c2ccccc2)cc1. The number of carbonyl (C=O) groups is 2. The van der Waals surface area contributed by atoms with E-state index in [9.17, 15) is 9.59 Å². The van der Waals surface area contributed by atoms with Crippen LogP contribution >= 0.6 is 0 Å². The maximum atomic E-state index is 12.7. The Morgan fingerprint density at radius 3 is 2.33 bits per heavy atom. The average molecular weight is 366 g/mol. The molecule has 2 atom stereocenters. The van der Waals surface area contributed by atoms with Gasteiger partial charge in [-0.2, -0.15) is 0 Å². The molecule has 0 spiro atoms. The summed E-state index contributed by atoms with van der Waals surface area (Å²) in [5.74, 6) is -0.277. The van der Waals surface area contributed by atoms with Crippen LogP contribution in [0.15, 0.2) is 54.6 Å². The molecule has 1 amide bonds. The Balaban J connectivity index is 1.65. The van der Waals surface area contributed by atoms with E-state index in [0.717, 1.165) is 13.0 Å². The molecule has 27 heavy (non-hydrogen) atoms. The Bertz CT molecular complexity index is 795. The second-order valence-electron chi connectivity index (χ2n) is 7.81. The molecule has 2 N–H and O–H groups in total. The van der Waals surface area contributed by atoms with Crippen LogP contribution in [0.3, 0.4) is 0 Å². The molecule has 1 fully saturated rings. The lowest BCUT2D eigenvalue weighted by Gasteiger charge is -2.20. The predicted octanol–water partition coefficient (Wildman–Crippen LogP) is 3.73. The molecule has 0 aliphatic carbocycles. The van der Waals surface area contributed by atoms with Gasteiger partial charge in [-0.1, -0.05) is 30.3 Å². The zero-order valence-electron chi connectivity index (χ0n) is 16.0. The average Bonchev–Trinajstić information content (AvgIpc) is 3.11. The monoisotopic (exact) mass is 366 g/mol. The highest BCUT2D eigenvalue weighted by atomic mass is 16.6. The van der Waals surface area contributed by atoms with E-state index in [4.69, 9.17) is 4.74 Å². The molecule has 142 valence electrons. The summed E-state index contributed by atoms with van der Waals surface area (Å²) in [6, 6.07) is 16.6. The largest absolute Gasteiger partial charge is 0.456 e. The van der Waals surface area contributed by atoms with E-state index >= 15 is 0 Å². The highest BCUT2D eigenvalue weighted by Gasteiger charge is 2.33. The van der Waals surface area contributed by atoms with Crippen molar-refractivity contribution in [1.29, 1.82) is 0 Å². The van der Waals surface area contributed by atoms with Gasteiger partial charge >= 0.3 is 5.97 Å². The molecular weight excluding hydrogens is 340 g/mol. The molecule has 1 heterocycles. The van der Waals surface area contributed by atoms with Crippen LogP contribution in [0.25, 0.3) is 0 Å². The summed E-state index contributed by atoms with van der Waals surface area (Å²) >= 11 is 0. The summed E-state index contributed by atoms with van der Waals surface area (Å²) < 4.78 is 5.35. The molecule has 0 unspecified atom stereocenters. The van der Waals surface area contributed by atoms with E-state index in [-0.39, 0.29) is 23.8 Å². The fourth-order valence-electron chi connectivity index (χ4n) is 3.28. The van der Waals surface area contributed by atoms with Crippen molar-refractivity contribution in [3.63, 3.8) is 0 Å². The van der Waals surface area contributed by atoms with Gasteiger partial charge < -0.3 is 15.4 Å². The van der Waals surface area contributed by atoms with E-state index < -0.39 is 5.60 Å². The first-order valence-corrected chi connectivity index (χ1v) is 9.26. The molecule has 5 nitrogen and oxygen atoms in total. The maximum absolute atomic E-state index is 12.7. The number of ether oxygens (including phenoxy) is 1. The fraction of sp³-hybridized carbons (Fsp3) is 0.364. The fourth-order valence-corrected chi connectivity index (χ4v) is 3.28. The summed E-state index contributed by atoms with van der Waals surface area (Å²) in [6.45, 7) is 6.31. The Morgan fingerprint density at radius 1 is 1.04 bits per heavy atom. The third-order valence-electron chi connectivity index (χ3n) is 4.52. The number of rotatable bonds is 4. The quantitative estimate of drug-likeness (QED) is 0.809. The highest BCUT2D eigenvalue weighted by molar-refractivity contribution is 5.96. The van der Waals surface area contributed by atoms with Gasteiger partial charge in [0.05, 0.1) is 11.6 Å². The van der Waals surface area contributed by atoms with Gasteiger partial charge in [0.2, 0.25) is 5.91 Å². The van der Waals surface area contributed by atoms with Crippen molar-refractivity contribution in [2.75, 3.05) is 11.9 Å². The van der Waals surface area contributed by atoms with Crippen molar-refractivity contribution in [3.05, 3.63) is 65.7 Å². The van der Waals surface area contributed by atoms with Gasteiger partial charge in [0.1, 0.15) is 5.60 Å². The molecule has 0 aromatic heterocycles. The number of hydrogen-bond acceptors (Lipinski definition) is 4. The van der Waals surface area contributed by atoms with E-state index in [1.165, 1.54) is 5.56 Å². The first-order valence-electron chi connectivity index (χ1n) is 9.26. The summed E-state index contributed by atoms with van der Waals surface area (Å²) in [5, 5.41) is 6.24. The first-order chi connectivity index (χ1) is 12.8. The van der Waals surface area contributed by atoms with Crippen LogP contribution in [-0.2, 0) is 9.53 Å². The smallest absolute Gasteiger partial charge is 0.338 e. The second-order valence-corrected chi connectivity index (χ2v) is 7.81. The zero-order chi connectivity index (χ0) is 19.4. The molecule has 0 saturated carbocycles. The van der Waals surface area contributed by atoms with Gasteiger partial charge in [-0.3, -0.25) is 4.79 Å². The summed E-state index contributed by atoms with van der Waals surface area (Å²) in [5.41, 5.74) is 1.75. The van der Waals surface area contributed by atoms with Crippen LogP contribution in [0.2, 0.25) is 0 Å². The minimum absolute atomic E-state index is 0.0635. The minimum atomic E-state index is -0.537. The molecular formula is C22H26N2O3. The Morgan fingerprint density at radius 2 is 1.70 bits per heavy atom.